The number of carbonyl (C=O) groups is 2. The van der Waals surface area contributed by atoms with Crippen molar-refractivity contribution in [2.45, 2.75) is 44.7 Å². The lowest BCUT2D eigenvalue weighted by atomic mass is 9.99. The molecule has 1 fully saturated rings. The summed E-state index contributed by atoms with van der Waals surface area (Å²) in [5, 5.41) is 5.89. The minimum atomic E-state index is -0.181. The number of nitrogens with one attached hydrogen (secondary N) is 2. The fraction of sp³-hybridized carbons (Fsp3) is 0.381. The Morgan fingerprint density at radius 2 is 1.76 bits per heavy atom. The summed E-state index contributed by atoms with van der Waals surface area (Å²) in [5.41, 5.74) is 8.30. The van der Waals surface area contributed by atoms with Crippen molar-refractivity contribution in [1.82, 2.24) is 10.3 Å². The van der Waals surface area contributed by atoms with Gasteiger partial charge < -0.3 is 16.4 Å². The molecule has 1 unspecified atom stereocenters. The van der Waals surface area contributed by atoms with Crippen molar-refractivity contribution in [3.8, 4) is 0 Å². The fourth-order valence-electron chi connectivity index (χ4n) is 3.50. The lowest BCUT2D eigenvalue weighted by Gasteiger charge is -2.18. The molecule has 1 saturated carbocycles. The minimum Gasteiger partial charge on any atom is -0.350 e. The number of aromatic nitrogens is 1. The van der Waals surface area contributed by atoms with Crippen molar-refractivity contribution in [2.24, 2.45) is 11.7 Å². The Bertz CT molecular complexity index is 787. The second-order valence-corrected chi connectivity index (χ2v) is 7.16. The van der Waals surface area contributed by atoms with Gasteiger partial charge in [-0.1, -0.05) is 18.6 Å². The number of nitrogens with zero attached hydrogens (tertiary/aromatic N) is 1. The Morgan fingerprint density at radius 3 is 2.34 bits per heavy atom. The SMILES string of the molecule is CC(NC(=O)C[C@@H]1CCC[C@H]1N)c1ccc(NC(=O)c2ccncc2)cc1.Cl.Cl. The number of benzene rings is 1. The molecule has 8 heteroatoms. The van der Waals surface area contributed by atoms with Crippen LogP contribution in [-0.4, -0.2) is 22.8 Å². The predicted octanol–water partition coefficient (Wildman–Crippen LogP) is 3.87. The summed E-state index contributed by atoms with van der Waals surface area (Å²) in [6.45, 7) is 1.96. The zero-order valence-electron chi connectivity index (χ0n) is 16.3. The number of rotatable bonds is 6. The molecule has 4 N–H and O–H groups in total. The van der Waals surface area contributed by atoms with Crippen molar-refractivity contribution in [1.29, 1.82) is 0 Å². The van der Waals surface area contributed by atoms with Crippen LogP contribution in [0.15, 0.2) is 48.8 Å². The van der Waals surface area contributed by atoms with E-state index in [1.54, 1.807) is 24.5 Å². The normalized spacial score (nSPS) is 18.7. The van der Waals surface area contributed by atoms with Gasteiger partial charge in [0.2, 0.25) is 5.91 Å². The smallest absolute Gasteiger partial charge is 0.255 e. The number of nitrogens with two attached hydrogens (primary N) is 1. The molecule has 3 atom stereocenters. The van der Waals surface area contributed by atoms with E-state index in [1.807, 2.05) is 31.2 Å². The summed E-state index contributed by atoms with van der Waals surface area (Å²) in [7, 11) is 0. The van der Waals surface area contributed by atoms with Gasteiger partial charge in [0.15, 0.2) is 0 Å². The molecule has 2 amide bonds. The van der Waals surface area contributed by atoms with Gasteiger partial charge in [0, 0.05) is 36.1 Å². The monoisotopic (exact) mass is 438 g/mol. The summed E-state index contributed by atoms with van der Waals surface area (Å²) in [6.07, 6.45) is 6.82. The highest BCUT2D eigenvalue weighted by molar-refractivity contribution is 6.04. The van der Waals surface area contributed by atoms with Gasteiger partial charge in [-0.05, 0) is 55.5 Å². The molecule has 6 nitrogen and oxygen atoms in total. The Labute approximate surface area is 183 Å². The quantitative estimate of drug-likeness (QED) is 0.637. The van der Waals surface area contributed by atoms with Gasteiger partial charge in [0.25, 0.3) is 5.91 Å². The van der Waals surface area contributed by atoms with E-state index < -0.39 is 0 Å². The van der Waals surface area contributed by atoms with Crippen LogP contribution in [0.5, 0.6) is 0 Å². The van der Waals surface area contributed by atoms with Gasteiger partial charge in [-0.25, -0.2) is 0 Å². The topological polar surface area (TPSA) is 97.1 Å². The lowest BCUT2D eigenvalue weighted by Crippen LogP contribution is -2.32. The Hall–Kier alpha value is -2.15. The van der Waals surface area contributed by atoms with Crippen molar-refractivity contribution < 1.29 is 9.59 Å². The Kier molecular flexibility index (Phi) is 10.1. The third-order valence-electron chi connectivity index (χ3n) is 5.15. The van der Waals surface area contributed by atoms with Crippen molar-refractivity contribution in [2.75, 3.05) is 5.32 Å². The molecular weight excluding hydrogens is 411 g/mol. The van der Waals surface area contributed by atoms with E-state index in [2.05, 4.69) is 15.6 Å². The van der Waals surface area contributed by atoms with Gasteiger partial charge in [-0.15, -0.1) is 24.8 Å². The highest BCUT2D eigenvalue weighted by atomic mass is 35.5. The first kappa shape index (κ1) is 24.9. The van der Waals surface area contributed by atoms with Crippen LogP contribution in [-0.2, 0) is 4.79 Å². The van der Waals surface area contributed by atoms with Crippen LogP contribution < -0.4 is 16.4 Å². The molecule has 0 spiro atoms. The average Bonchev–Trinajstić information content (AvgIpc) is 3.07. The molecule has 29 heavy (non-hydrogen) atoms. The third kappa shape index (κ3) is 6.99. The zero-order chi connectivity index (χ0) is 19.2. The number of hydrogen-bond donors (Lipinski definition) is 3. The molecule has 0 bridgehead atoms. The number of halogens is 2. The maximum atomic E-state index is 12.3. The van der Waals surface area contributed by atoms with Crippen LogP contribution in [0.25, 0.3) is 0 Å². The highest BCUT2D eigenvalue weighted by Crippen LogP contribution is 2.27. The summed E-state index contributed by atoms with van der Waals surface area (Å²) in [5.74, 6) is 0.155. The molecule has 158 valence electrons. The van der Waals surface area contributed by atoms with Crippen molar-refractivity contribution in [3.63, 3.8) is 0 Å². The van der Waals surface area contributed by atoms with Crippen molar-refractivity contribution >= 4 is 42.3 Å². The average molecular weight is 439 g/mol. The first-order valence-electron chi connectivity index (χ1n) is 9.39. The molecule has 0 saturated heterocycles. The summed E-state index contributed by atoms with van der Waals surface area (Å²) in [4.78, 5) is 28.3. The maximum absolute atomic E-state index is 12.3. The minimum absolute atomic E-state index is 0. The molecule has 1 aliphatic rings. The van der Waals surface area contributed by atoms with Crippen LogP contribution in [0, 0.1) is 5.92 Å². The standard InChI is InChI=1S/C21H26N4O2.2ClH/c1-14(24-20(26)13-17-3-2-4-19(17)22)15-5-7-18(8-6-15)25-21(27)16-9-11-23-12-10-16;;/h5-12,14,17,19H,2-4,13,22H2,1H3,(H,24,26)(H,25,27);2*1H/t14?,17-,19+;;/m0../s1. The highest BCUT2D eigenvalue weighted by Gasteiger charge is 2.26. The third-order valence-corrected chi connectivity index (χ3v) is 5.15. The van der Waals surface area contributed by atoms with Gasteiger partial charge in [0.1, 0.15) is 0 Å². The Balaban J connectivity index is 0.00000210. The van der Waals surface area contributed by atoms with E-state index >= 15 is 0 Å². The summed E-state index contributed by atoms with van der Waals surface area (Å²) >= 11 is 0. The maximum Gasteiger partial charge on any atom is 0.255 e. The summed E-state index contributed by atoms with van der Waals surface area (Å²) < 4.78 is 0. The van der Waals surface area contributed by atoms with E-state index in [1.165, 1.54) is 0 Å². The molecule has 3 rings (SSSR count). The number of hydrogen-bond acceptors (Lipinski definition) is 4. The van der Waals surface area contributed by atoms with Crippen LogP contribution in [0.2, 0.25) is 0 Å². The van der Waals surface area contributed by atoms with E-state index in [0.29, 0.717) is 23.6 Å². The number of pyridine rings is 1. The number of amides is 2. The molecule has 1 aromatic heterocycles. The molecule has 2 aromatic rings. The van der Waals surface area contributed by atoms with Crippen LogP contribution in [0.3, 0.4) is 0 Å². The van der Waals surface area contributed by atoms with Gasteiger partial charge in [-0.2, -0.15) is 0 Å². The van der Waals surface area contributed by atoms with E-state index in [4.69, 9.17) is 5.73 Å². The van der Waals surface area contributed by atoms with Crippen molar-refractivity contribution in [3.05, 3.63) is 59.9 Å². The van der Waals surface area contributed by atoms with E-state index in [-0.39, 0.29) is 48.7 Å². The van der Waals surface area contributed by atoms with E-state index in [0.717, 1.165) is 24.8 Å². The van der Waals surface area contributed by atoms with Gasteiger partial charge in [-0.3, -0.25) is 14.6 Å². The zero-order valence-corrected chi connectivity index (χ0v) is 18.0. The van der Waals surface area contributed by atoms with Crippen LogP contribution in [0.4, 0.5) is 5.69 Å². The predicted molar refractivity (Wildman–Crippen MR) is 120 cm³/mol. The Morgan fingerprint density at radius 1 is 1.10 bits per heavy atom. The molecular formula is C21H28Cl2N4O2. The number of carbonyl (C=O) groups excluding carboxylic acids is 2. The fourth-order valence-corrected chi connectivity index (χ4v) is 3.50. The molecule has 0 aliphatic heterocycles. The molecule has 0 radical (unpaired) electrons. The van der Waals surface area contributed by atoms with Gasteiger partial charge >= 0.3 is 0 Å². The molecule has 1 aliphatic carbocycles. The van der Waals surface area contributed by atoms with E-state index in [9.17, 15) is 9.59 Å². The largest absolute Gasteiger partial charge is 0.350 e. The number of anilines is 1. The second kappa shape index (κ2) is 11.8. The molecule has 1 heterocycles. The van der Waals surface area contributed by atoms with Crippen LogP contribution >= 0.6 is 24.8 Å². The lowest BCUT2D eigenvalue weighted by molar-refractivity contribution is -0.122. The first-order chi connectivity index (χ1) is 13.0. The second-order valence-electron chi connectivity index (χ2n) is 7.16. The van der Waals surface area contributed by atoms with Gasteiger partial charge in [0.05, 0.1) is 6.04 Å². The first-order valence-corrected chi connectivity index (χ1v) is 9.39. The molecule has 1 aromatic carbocycles. The summed E-state index contributed by atoms with van der Waals surface area (Å²) in [6, 6.07) is 10.9. The van der Waals surface area contributed by atoms with Crippen LogP contribution in [0.1, 0.15) is 54.6 Å².